The molecule has 1 aliphatic carbocycles. The maximum absolute atomic E-state index is 3.56. The third kappa shape index (κ3) is 6.42. The third-order valence-electron chi connectivity index (χ3n) is 4.12. The average molecular weight is 240 g/mol. The molecule has 0 heterocycles. The Morgan fingerprint density at radius 3 is 2.53 bits per heavy atom. The summed E-state index contributed by atoms with van der Waals surface area (Å²) in [5.41, 5.74) is 0. The van der Waals surface area contributed by atoms with Gasteiger partial charge in [-0.2, -0.15) is 0 Å². The van der Waals surface area contributed by atoms with Crippen LogP contribution in [0.3, 0.4) is 0 Å². The lowest BCUT2D eigenvalue weighted by atomic mass is 10.1. The second-order valence-electron chi connectivity index (χ2n) is 5.72. The molecule has 2 heteroatoms. The summed E-state index contributed by atoms with van der Waals surface area (Å²) in [6.45, 7) is 8.21. The van der Waals surface area contributed by atoms with Crippen LogP contribution in [-0.4, -0.2) is 37.6 Å². The van der Waals surface area contributed by atoms with Gasteiger partial charge in [-0.05, 0) is 58.2 Å². The van der Waals surface area contributed by atoms with Crippen LogP contribution in [0.4, 0.5) is 0 Å². The number of hydrogen-bond acceptors (Lipinski definition) is 2. The Hall–Kier alpha value is -0.0800. The predicted octanol–water partition coefficient (Wildman–Crippen LogP) is 3.28. The summed E-state index contributed by atoms with van der Waals surface area (Å²) in [5.74, 6) is 0.996. The standard InChI is InChI=1S/C15H32N2/c1-4-15(16-5-2)11-8-12-17(3)13-14-9-6-7-10-14/h14-16H,4-13H2,1-3H3. The monoisotopic (exact) mass is 240 g/mol. The van der Waals surface area contributed by atoms with Crippen LogP contribution in [0.15, 0.2) is 0 Å². The van der Waals surface area contributed by atoms with E-state index in [-0.39, 0.29) is 0 Å². The molecule has 2 nitrogen and oxygen atoms in total. The van der Waals surface area contributed by atoms with Crippen molar-refractivity contribution in [2.24, 2.45) is 5.92 Å². The molecule has 17 heavy (non-hydrogen) atoms. The van der Waals surface area contributed by atoms with Crippen molar-refractivity contribution < 1.29 is 0 Å². The maximum atomic E-state index is 3.56. The molecule has 1 unspecified atom stereocenters. The summed E-state index contributed by atoms with van der Waals surface area (Å²) >= 11 is 0. The first-order chi connectivity index (χ1) is 8.26. The quantitative estimate of drug-likeness (QED) is 0.665. The Bertz CT molecular complexity index is 176. The van der Waals surface area contributed by atoms with E-state index in [2.05, 4.69) is 31.1 Å². The number of rotatable bonds is 9. The molecule has 1 fully saturated rings. The number of nitrogens with one attached hydrogen (secondary N) is 1. The first-order valence-corrected chi connectivity index (χ1v) is 7.68. The molecule has 0 amide bonds. The fourth-order valence-electron chi connectivity index (χ4n) is 3.07. The first kappa shape index (κ1) is 15.0. The van der Waals surface area contributed by atoms with E-state index in [1.807, 2.05) is 0 Å². The van der Waals surface area contributed by atoms with E-state index in [1.165, 1.54) is 58.0 Å². The van der Waals surface area contributed by atoms with E-state index in [9.17, 15) is 0 Å². The van der Waals surface area contributed by atoms with Gasteiger partial charge in [0.25, 0.3) is 0 Å². The summed E-state index contributed by atoms with van der Waals surface area (Å²) in [6.07, 6.45) is 9.82. The second-order valence-corrected chi connectivity index (χ2v) is 5.72. The van der Waals surface area contributed by atoms with Crippen molar-refractivity contribution in [3.05, 3.63) is 0 Å². The molecule has 0 radical (unpaired) electrons. The lowest BCUT2D eigenvalue weighted by molar-refractivity contribution is 0.267. The summed E-state index contributed by atoms with van der Waals surface area (Å²) in [7, 11) is 2.30. The zero-order valence-corrected chi connectivity index (χ0v) is 12.2. The molecule has 0 aromatic rings. The van der Waals surface area contributed by atoms with E-state index in [4.69, 9.17) is 0 Å². The van der Waals surface area contributed by atoms with Gasteiger partial charge in [-0.15, -0.1) is 0 Å². The Kier molecular flexibility index (Phi) is 7.87. The maximum Gasteiger partial charge on any atom is 0.00647 e. The highest BCUT2D eigenvalue weighted by molar-refractivity contribution is 4.71. The molecule has 0 spiro atoms. The second kappa shape index (κ2) is 8.93. The molecule has 0 aliphatic heterocycles. The largest absolute Gasteiger partial charge is 0.314 e. The van der Waals surface area contributed by atoms with E-state index in [0.29, 0.717) is 0 Å². The fraction of sp³-hybridized carbons (Fsp3) is 1.00. The first-order valence-electron chi connectivity index (χ1n) is 7.68. The molecular weight excluding hydrogens is 208 g/mol. The molecular formula is C15H32N2. The minimum Gasteiger partial charge on any atom is -0.314 e. The van der Waals surface area contributed by atoms with Crippen molar-refractivity contribution in [1.29, 1.82) is 0 Å². The van der Waals surface area contributed by atoms with Crippen LogP contribution in [0.1, 0.15) is 58.8 Å². The van der Waals surface area contributed by atoms with Gasteiger partial charge < -0.3 is 10.2 Å². The van der Waals surface area contributed by atoms with Crippen LogP contribution in [0, 0.1) is 5.92 Å². The van der Waals surface area contributed by atoms with Gasteiger partial charge in [0.05, 0.1) is 0 Å². The van der Waals surface area contributed by atoms with E-state index in [0.717, 1.165) is 18.5 Å². The van der Waals surface area contributed by atoms with Crippen molar-refractivity contribution in [3.8, 4) is 0 Å². The van der Waals surface area contributed by atoms with Gasteiger partial charge in [0.15, 0.2) is 0 Å². The SMILES string of the molecule is CCNC(CC)CCCN(C)CC1CCCC1. The van der Waals surface area contributed by atoms with E-state index >= 15 is 0 Å². The van der Waals surface area contributed by atoms with Crippen LogP contribution in [0.5, 0.6) is 0 Å². The van der Waals surface area contributed by atoms with Crippen LogP contribution in [0.25, 0.3) is 0 Å². The minimum absolute atomic E-state index is 0.736. The number of hydrogen-bond donors (Lipinski definition) is 1. The highest BCUT2D eigenvalue weighted by Gasteiger charge is 2.16. The van der Waals surface area contributed by atoms with Crippen molar-refractivity contribution >= 4 is 0 Å². The highest BCUT2D eigenvalue weighted by Crippen LogP contribution is 2.25. The molecule has 0 saturated heterocycles. The van der Waals surface area contributed by atoms with Crippen molar-refractivity contribution in [3.63, 3.8) is 0 Å². The van der Waals surface area contributed by atoms with Crippen molar-refractivity contribution in [1.82, 2.24) is 10.2 Å². The van der Waals surface area contributed by atoms with Gasteiger partial charge >= 0.3 is 0 Å². The highest BCUT2D eigenvalue weighted by atomic mass is 15.1. The molecule has 102 valence electrons. The molecule has 0 aromatic heterocycles. The van der Waals surface area contributed by atoms with Gasteiger partial charge in [-0.1, -0.05) is 26.7 Å². The molecule has 0 bridgehead atoms. The third-order valence-corrected chi connectivity index (χ3v) is 4.12. The van der Waals surface area contributed by atoms with Gasteiger partial charge in [0.2, 0.25) is 0 Å². The molecule has 0 aromatic carbocycles. The molecule has 1 rings (SSSR count). The van der Waals surface area contributed by atoms with E-state index in [1.54, 1.807) is 0 Å². The topological polar surface area (TPSA) is 15.3 Å². The molecule has 1 atom stereocenters. The average Bonchev–Trinajstić information content (AvgIpc) is 2.80. The summed E-state index contributed by atoms with van der Waals surface area (Å²) in [6, 6.07) is 0.736. The Morgan fingerprint density at radius 2 is 1.94 bits per heavy atom. The lowest BCUT2D eigenvalue weighted by Gasteiger charge is -2.22. The van der Waals surface area contributed by atoms with Crippen LogP contribution in [0.2, 0.25) is 0 Å². The molecule has 1 aliphatic rings. The molecule has 1 saturated carbocycles. The normalized spacial score (nSPS) is 19.1. The van der Waals surface area contributed by atoms with Gasteiger partial charge in [0.1, 0.15) is 0 Å². The predicted molar refractivity (Wildman–Crippen MR) is 76.4 cm³/mol. The fourth-order valence-corrected chi connectivity index (χ4v) is 3.07. The Morgan fingerprint density at radius 1 is 1.24 bits per heavy atom. The van der Waals surface area contributed by atoms with Crippen LogP contribution in [-0.2, 0) is 0 Å². The minimum atomic E-state index is 0.736. The smallest absolute Gasteiger partial charge is 0.00647 e. The zero-order chi connectivity index (χ0) is 12.5. The van der Waals surface area contributed by atoms with Crippen molar-refractivity contribution in [2.45, 2.75) is 64.8 Å². The zero-order valence-electron chi connectivity index (χ0n) is 12.2. The van der Waals surface area contributed by atoms with Crippen LogP contribution >= 0.6 is 0 Å². The van der Waals surface area contributed by atoms with Gasteiger partial charge in [-0.25, -0.2) is 0 Å². The summed E-state index contributed by atoms with van der Waals surface area (Å²) < 4.78 is 0. The summed E-state index contributed by atoms with van der Waals surface area (Å²) in [5, 5.41) is 3.56. The van der Waals surface area contributed by atoms with Crippen LogP contribution < -0.4 is 5.32 Å². The molecule has 1 N–H and O–H groups in total. The van der Waals surface area contributed by atoms with Crippen molar-refractivity contribution in [2.75, 3.05) is 26.7 Å². The summed E-state index contributed by atoms with van der Waals surface area (Å²) in [4.78, 5) is 2.55. The Balaban J connectivity index is 2.03. The lowest BCUT2D eigenvalue weighted by Crippen LogP contribution is -2.30. The number of nitrogens with zero attached hydrogens (tertiary/aromatic N) is 1. The van der Waals surface area contributed by atoms with E-state index < -0.39 is 0 Å². The van der Waals surface area contributed by atoms with Gasteiger partial charge in [0, 0.05) is 12.6 Å². The Labute approximate surface area is 108 Å². The van der Waals surface area contributed by atoms with Gasteiger partial charge in [-0.3, -0.25) is 0 Å².